The minimum Gasteiger partial charge on any atom is -0.384 e. The van der Waals surface area contributed by atoms with E-state index in [4.69, 9.17) is 5.73 Å². The largest absolute Gasteiger partial charge is 0.384 e. The fourth-order valence-electron chi connectivity index (χ4n) is 1.35. The first-order valence-corrected chi connectivity index (χ1v) is 4.82. The highest BCUT2D eigenvalue weighted by atomic mass is 15.3. The van der Waals surface area contributed by atoms with E-state index < -0.39 is 0 Å². The van der Waals surface area contributed by atoms with Crippen LogP contribution < -0.4 is 5.73 Å². The number of nitrogens with two attached hydrogens (primary N) is 1. The molecule has 15 heavy (non-hydrogen) atoms. The molecule has 0 aliphatic carbocycles. The minimum absolute atomic E-state index is 0.488. The Hall–Kier alpha value is -1.91. The van der Waals surface area contributed by atoms with Crippen molar-refractivity contribution >= 4 is 5.82 Å². The Kier molecular flexibility index (Phi) is 2.37. The number of aromatic nitrogens is 4. The predicted molar refractivity (Wildman–Crippen MR) is 58.0 cm³/mol. The Morgan fingerprint density at radius 3 is 2.80 bits per heavy atom. The van der Waals surface area contributed by atoms with Crippen LogP contribution in [0.4, 0.5) is 5.82 Å². The van der Waals surface area contributed by atoms with E-state index in [2.05, 4.69) is 15.1 Å². The number of hydrogen-bond donors (Lipinski definition) is 1. The maximum Gasteiger partial charge on any atom is 0.182 e. The second-order valence-corrected chi connectivity index (χ2v) is 3.34. The van der Waals surface area contributed by atoms with Crippen molar-refractivity contribution in [2.24, 2.45) is 7.05 Å². The Labute approximate surface area is 88.0 Å². The quantitative estimate of drug-likeness (QED) is 0.791. The van der Waals surface area contributed by atoms with Crippen LogP contribution in [0.2, 0.25) is 0 Å². The third-order valence-electron chi connectivity index (χ3n) is 2.10. The summed E-state index contributed by atoms with van der Waals surface area (Å²) in [6.07, 6.45) is 2.69. The van der Waals surface area contributed by atoms with Crippen LogP contribution in [0, 0.1) is 0 Å². The lowest BCUT2D eigenvalue weighted by Gasteiger charge is -2.01. The van der Waals surface area contributed by atoms with Gasteiger partial charge in [-0.05, 0) is 12.5 Å². The summed E-state index contributed by atoms with van der Waals surface area (Å²) in [5.41, 5.74) is 7.38. The monoisotopic (exact) mass is 203 g/mol. The molecule has 2 N–H and O–H groups in total. The molecule has 0 aliphatic rings. The fraction of sp³-hybridized carbons (Fsp3) is 0.300. The van der Waals surface area contributed by atoms with Crippen LogP contribution in [0.5, 0.6) is 0 Å². The minimum atomic E-state index is 0.488. The lowest BCUT2D eigenvalue weighted by molar-refractivity contribution is 0.768. The number of aryl methyl sites for hydroxylation is 2. The van der Waals surface area contributed by atoms with Crippen LogP contribution >= 0.6 is 0 Å². The molecule has 0 fully saturated rings. The average Bonchev–Trinajstić information content (AvgIpc) is 2.64. The van der Waals surface area contributed by atoms with Crippen molar-refractivity contribution in [3.8, 4) is 11.5 Å². The zero-order valence-corrected chi connectivity index (χ0v) is 8.81. The molecular formula is C10H13N5. The average molecular weight is 203 g/mol. The SMILES string of the molecule is CCc1cc(N)nc(-c2ccn(C)n2)n1. The topological polar surface area (TPSA) is 69.6 Å². The zero-order valence-electron chi connectivity index (χ0n) is 8.81. The Morgan fingerprint density at radius 2 is 2.20 bits per heavy atom. The molecule has 2 rings (SSSR count). The fourth-order valence-corrected chi connectivity index (χ4v) is 1.35. The second-order valence-electron chi connectivity index (χ2n) is 3.34. The van der Waals surface area contributed by atoms with Crippen LogP contribution in [0.25, 0.3) is 11.5 Å². The van der Waals surface area contributed by atoms with Gasteiger partial charge in [0.05, 0.1) is 0 Å². The number of anilines is 1. The van der Waals surface area contributed by atoms with Gasteiger partial charge in [0.15, 0.2) is 5.82 Å². The third kappa shape index (κ3) is 1.96. The standard InChI is InChI=1S/C10H13N5/c1-3-7-6-9(11)13-10(12-7)8-4-5-15(2)14-8/h4-6H,3H2,1-2H3,(H2,11,12,13). The van der Waals surface area contributed by atoms with Gasteiger partial charge in [-0.25, -0.2) is 9.97 Å². The van der Waals surface area contributed by atoms with Gasteiger partial charge in [0.25, 0.3) is 0 Å². The van der Waals surface area contributed by atoms with E-state index in [0.717, 1.165) is 17.8 Å². The van der Waals surface area contributed by atoms with E-state index in [1.165, 1.54) is 0 Å². The van der Waals surface area contributed by atoms with Crippen molar-refractivity contribution in [3.63, 3.8) is 0 Å². The molecule has 2 aromatic rings. The molecule has 78 valence electrons. The molecule has 0 atom stereocenters. The number of hydrogen-bond acceptors (Lipinski definition) is 4. The van der Waals surface area contributed by atoms with Crippen molar-refractivity contribution in [2.75, 3.05) is 5.73 Å². The lowest BCUT2D eigenvalue weighted by Crippen LogP contribution is -2.00. The summed E-state index contributed by atoms with van der Waals surface area (Å²) in [5, 5.41) is 4.23. The highest BCUT2D eigenvalue weighted by Crippen LogP contribution is 2.14. The molecule has 0 aliphatic heterocycles. The molecule has 0 spiro atoms. The number of nitrogen functional groups attached to an aromatic ring is 1. The van der Waals surface area contributed by atoms with Gasteiger partial charge in [-0.1, -0.05) is 6.92 Å². The van der Waals surface area contributed by atoms with Crippen LogP contribution in [0.15, 0.2) is 18.3 Å². The zero-order chi connectivity index (χ0) is 10.8. The summed E-state index contributed by atoms with van der Waals surface area (Å²) in [6.45, 7) is 2.03. The summed E-state index contributed by atoms with van der Waals surface area (Å²) < 4.78 is 1.72. The number of nitrogens with zero attached hydrogens (tertiary/aromatic N) is 4. The van der Waals surface area contributed by atoms with Gasteiger partial charge in [0, 0.05) is 25.0 Å². The molecular weight excluding hydrogens is 190 g/mol. The van der Waals surface area contributed by atoms with Crippen LogP contribution in [-0.2, 0) is 13.5 Å². The third-order valence-corrected chi connectivity index (χ3v) is 2.10. The molecule has 0 saturated carbocycles. The molecule has 2 heterocycles. The van der Waals surface area contributed by atoms with Crippen molar-refractivity contribution in [1.82, 2.24) is 19.7 Å². The predicted octanol–water partition coefficient (Wildman–Crippen LogP) is 1.02. The smallest absolute Gasteiger partial charge is 0.182 e. The van der Waals surface area contributed by atoms with Crippen LogP contribution in [-0.4, -0.2) is 19.7 Å². The highest BCUT2D eigenvalue weighted by Gasteiger charge is 2.06. The van der Waals surface area contributed by atoms with E-state index in [9.17, 15) is 0 Å². The van der Waals surface area contributed by atoms with Crippen molar-refractivity contribution in [3.05, 3.63) is 24.0 Å². The first kappa shape index (κ1) is 9.64. The van der Waals surface area contributed by atoms with Crippen LogP contribution in [0.3, 0.4) is 0 Å². The molecule has 5 heteroatoms. The molecule has 0 unspecified atom stereocenters. The van der Waals surface area contributed by atoms with E-state index in [-0.39, 0.29) is 0 Å². The van der Waals surface area contributed by atoms with Gasteiger partial charge in [0.1, 0.15) is 11.5 Å². The van der Waals surface area contributed by atoms with Gasteiger partial charge in [-0.3, -0.25) is 4.68 Å². The molecule has 2 aromatic heterocycles. The van der Waals surface area contributed by atoms with Crippen molar-refractivity contribution in [2.45, 2.75) is 13.3 Å². The van der Waals surface area contributed by atoms with E-state index in [1.807, 2.05) is 26.2 Å². The maximum atomic E-state index is 5.69. The van der Waals surface area contributed by atoms with E-state index >= 15 is 0 Å². The van der Waals surface area contributed by atoms with Gasteiger partial charge < -0.3 is 5.73 Å². The first-order valence-electron chi connectivity index (χ1n) is 4.82. The normalized spacial score (nSPS) is 10.5. The van der Waals surface area contributed by atoms with E-state index in [1.54, 1.807) is 10.7 Å². The molecule has 5 nitrogen and oxygen atoms in total. The maximum absolute atomic E-state index is 5.69. The Morgan fingerprint density at radius 1 is 1.40 bits per heavy atom. The Balaban J connectivity index is 2.48. The Bertz CT molecular complexity index is 474. The van der Waals surface area contributed by atoms with Crippen LogP contribution in [0.1, 0.15) is 12.6 Å². The lowest BCUT2D eigenvalue weighted by atomic mass is 10.3. The van der Waals surface area contributed by atoms with Gasteiger partial charge in [0.2, 0.25) is 0 Å². The molecule has 0 amide bonds. The van der Waals surface area contributed by atoms with Crippen molar-refractivity contribution in [1.29, 1.82) is 0 Å². The molecule has 0 radical (unpaired) electrons. The molecule has 0 aromatic carbocycles. The summed E-state index contributed by atoms with van der Waals surface area (Å²) >= 11 is 0. The van der Waals surface area contributed by atoms with Crippen molar-refractivity contribution < 1.29 is 0 Å². The van der Waals surface area contributed by atoms with E-state index in [0.29, 0.717) is 11.6 Å². The molecule has 0 bridgehead atoms. The van der Waals surface area contributed by atoms with Gasteiger partial charge >= 0.3 is 0 Å². The summed E-state index contributed by atoms with van der Waals surface area (Å²) in [7, 11) is 1.86. The van der Waals surface area contributed by atoms with Gasteiger partial charge in [-0.15, -0.1) is 0 Å². The number of rotatable bonds is 2. The van der Waals surface area contributed by atoms with Gasteiger partial charge in [-0.2, -0.15) is 5.10 Å². The summed E-state index contributed by atoms with van der Waals surface area (Å²) in [5.74, 6) is 1.08. The summed E-state index contributed by atoms with van der Waals surface area (Å²) in [6, 6.07) is 3.65. The molecule has 0 saturated heterocycles. The highest BCUT2D eigenvalue weighted by molar-refractivity contribution is 5.51. The first-order chi connectivity index (χ1) is 7.19. The summed E-state index contributed by atoms with van der Waals surface area (Å²) in [4.78, 5) is 8.52. The second kappa shape index (κ2) is 3.68.